The fraction of sp³-hybridized carbons (Fsp3) is 0.500. The minimum Gasteiger partial charge on any atom is -0.357 e. The van der Waals surface area contributed by atoms with Crippen LogP contribution >= 0.6 is 0 Å². The lowest BCUT2D eigenvalue weighted by Crippen LogP contribution is -1.99. The van der Waals surface area contributed by atoms with Gasteiger partial charge in [-0.2, -0.15) is 0 Å². The number of nitrogens with zero attached hydrogens (tertiary/aromatic N) is 2. The second-order valence-corrected chi connectivity index (χ2v) is 5.35. The molecule has 0 bridgehead atoms. The number of rotatable bonds is 5. The van der Waals surface area contributed by atoms with E-state index in [0.717, 1.165) is 12.8 Å². The summed E-state index contributed by atoms with van der Waals surface area (Å²) in [5.41, 5.74) is 4.34. The molecule has 0 aliphatic heterocycles. The van der Waals surface area contributed by atoms with Crippen molar-refractivity contribution in [2.75, 3.05) is 0 Å². The standard InChI is InChI=1S/C16H24N2/c1-5-14-10-16(18(4)11-14)7-6-13(2)15-8-9-17(3)12-15/h8-13H,5-7H2,1-4H3. The number of hydrogen-bond acceptors (Lipinski definition) is 0. The Morgan fingerprint density at radius 3 is 2.56 bits per heavy atom. The molecule has 0 N–H and O–H groups in total. The Balaban J connectivity index is 1.96. The van der Waals surface area contributed by atoms with Crippen LogP contribution in [0.3, 0.4) is 0 Å². The lowest BCUT2D eigenvalue weighted by atomic mass is 9.98. The molecule has 0 radical (unpaired) electrons. The lowest BCUT2D eigenvalue weighted by molar-refractivity contribution is 0.653. The minimum absolute atomic E-state index is 0.631. The van der Waals surface area contributed by atoms with Gasteiger partial charge in [0.05, 0.1) is 0 Å². The van der Waals surface area contributed by atoms with Gasteiger partial charge in [-0.25, -0.2) is 0 Å². The van der Waals surface area contributed by atoms with E-state index < -0.39 is 0 Å². The molecule has 98 valence electrons. The summed E-state index contributed by atoms with van der Waals surface area (Å²) < 4.78 is 4.40. The van der Waals surface area contributed by atoms with Crippen molar-refractivity contribution in [3.05, 3.63) is 47.5 Å². The third-order valence-electron chi connectivity index (χ3n) is 3.83. The van der Waals surface area contributed by atoms with E-state index in [-0.39, 0.29) is 0 Å². The molecule has 0 fully saturated rings. The Labute approximate surface area is 110 Å². The molecule has 2 rings (SSSR count). The SMILES string of the molecule is CCc1cc(CCC(C)c2ccn(C)c2)n(C)c1. The van der Waals surface area contributed by atoms with Crippen molar-refractivity contribution in [2.24, 2.45) is 14.1 Å². The molecule has 0 saturated carbocycles. The van der Waals surface area contributed by atoms with E-state index in [0.29, 0.717) is 5.92 Å². The van der Waals surface area contributed by atoms with Crippen molar-refractivity contribution >= 4 is 0 Å². The van der Waals surface area contributed by atoms with Crippen LogP contribution in [0, 0.1) is 0 Å². The zero-order chi connectivity index (χ0) is 13.1. The van der Waals surface area contributed by atoms with Crippen molar-refractivity contribution in [3.8, 4) is 0 Å². The predicted molar refractivity (Wildman–Crippen MR) is 76.9 cm³/mol. The molecule has 1 atom stereocenters. The van der Waals surface area contributed by atoms with Crippen LogP contribution in [-0.4, -0.2) is 9.13 Å². The fourth-order valence-electron chi connectivity index (χ4n) is 2.47. The Hall–Kier alpha value is -1.44. The molecule has 0 amide bonds. The predicted octanol–water partition coefficient (Wildman–Crippen LogP) is 3.66. The highest BCUT2D eigenvalue weighted by molar-refractivity contribution is 5.20. The van der Waals surface area contributed by atoms with E-state index in [1.54, 1.807) is 0 Å². The molecule has 18 heavy (non-hydrogen) atoms. The van der Waals surface area contributed by atoms with E-state index in [2.05, 4.69) is 67.8 Å². The average Bonchev–Trinajstić information content (AvgIpc) is 2.92. The van der Waals surface area contributed by atoms with Crippen LogP contribution in [0.5, 0.6) is 0 Å². The third kappa shape index (κ3) is 2.87. The summed E-state index contributed by atoms with van der Waals surface area (Å²) in [6.45, 7) is 4.53. The van der Waals surface area contributed by atoms with E-state index in [4.69, 9.17) is 0 Å². The molecule has 0 aliphatic carbocycles. The van der Waals surface area contributed by atoms with Gasteiger partial charge in [-0.05, 0) is 48.4 Å². The average molecular weight is 244 g/mol. The Morgan fingerprint density at radius 1 is 1.22 bits per heavy atom. The molecule has 0 aliphatic rings. The third-order valence-corrected chi connectivity index (χ3v) is 3.83. The normalized spacial score (nSPS) is 12.9. The summed E-state index contributed by atoms with van der Waals surface area (Å²) in [7, 11) is 4.24. The molecule has 0 spiro atoms. The van der Waals surface area contributed by atoms with E-state index in [9.17, 15) is 0 Å². The van der Waals surface area contributed by atoms with Crippen LogP contribution in [-0.2, 0) is 26.9 Å². The van der Waals surface area contributed by atoms with Crippen molar-refractivity contribution in [1.82, 2.24) is 9.13 Å². The summed E-state index contributed by atoms with van der Waals surface area (Å²) >= 11 is 0. The monoisotopic (exact) mass is 244 g/mol. The molecule has 2 nitrogen and oxygen atoms in total. The first-order valence-electron chi connectivity index (χ1n) is 6.86. The smallest absolute Gasteiger partial charge is 0.0174 e. The maximum absolute atomic E-state index is 2.34. The first kappa shape index (κ1) is 13.0. The van der Waals surface area contributed by atoms with Crippen molar-refractivity contribution in [2.45, 2.75) is 39.0 Å². The van der Waals surface area contributed by atoms with Crippen LogP contribution in [0.15, 0.2) is 30.7 Å². The maximum Gasteiger partial charge on any atom is 0.0174 e. The molecule has 0 aromatic carbocycles. The van der Waals surface area contributed by atoms with Gasteiger partial charge >= 0.3 is 0 Å². The maximum atomic E-state index is 2.34. The fourth-order valence-corrected chi connectivity index (χ4v) is 2.47. The van der Waals surface area contributed by atoms with Crippen LogP contribution in [0.2, 0.25) is 0 Å². The van der Waals surface area contributed by atoms with Crippen LogP contribution < -0.4 is 0 Å². The van der Waals surface area contributed by atoms with Gasteiger partial charge in [0.25, 0.3) is 0 Å². The Morgan fingerprint density at radius 2 is 2.00 bits per heavy atom. The summed E-state index contributed by atoms with van der Waals surface area (Å²) in [4.78, 5) is 0. The number of aromatic nitrogens is 2. The lowest BCUT2D eigenvalue weighted by Gasteiger charge is -2.10. The highest BCUT2D eigenvalue weighted by atomic mass is 14.9. The van der Waals surface area contributed by atoms with Crippen LogP contribution in [0.4, 0.5) is 0 Å². The molecule has 2 heteroatoms. The summed E-state index contributed by atoms with van der Waals surface area (Å²) in [5, 5.41) is 0. The Kier molecular flexibility index (Phi) is 3.95. The minimum atomic E-state index is 0.631. The van der Waals surface area contributed by atoms with Gasteiger partial charge in [-0.15, -0.1) is 0 Å². The zero-order valence-corrected chi connectivity index (χ0v) is 12.0. The van der Waals surface area contributed by atoms with Gasteiger partial charge in [-0.3, -0.25) is 0 Å². The molecular formula is C16H24N2. The van der Waals surface area contributed by atoms with Gasteiger partial charge in [0.2, 0.25) is 0 Å². The second kappa shape index (κ2) is 5.47. The van der Waals surface area contributed by atoms with Gasteiger partial charge in [0.1, 0.15) is 0 Å². The summed E-state index contributed by atoms with van der Waals surface area (Å²) in [6, 6.07) is 4.57. The first-order chi connectivity index (χ1) is 8.60. The van der Waals surface area contributed by atoms with Crippen molar-refractivity contribution in [1.29, 1.82) is 0 Å². The van der Waals surface area contributed by atoms with E-state index in [1.165, 1.54) is 23.2 Å². The highest BCUT2D eigenvalue weighted by Crippen LogP contribution is 2.22. The van der Waals surface area contributed by atoms with E-state index in [1.807, 2.05) is 0 Å². The number of aryl methyl sites for hydroxylation is 4. The largest absolute Gasteiger partial charge is 0.357 e. The van der Waals surface area contributed by atoms with Crippen LogP contribution in [0.25, 0.3) is 0 Å². The highest BCUT2D eigenvalue weighted by Gasteiger charge is 2.09. The van der Waals surface area contributed by atoms with Crippen molar-refractivity contribution < 1.29 is 0 Å². The second-order valence-electron chi connectivity index (χ2n) is 5.35. The molecule has 0 saturated heterocycles. The molecular weight excluding hydrogens is 220 g/mol. The van der Waals surface area contributed by atoms with Gasteiger partial charge in [-0.1, -0.05) is 13.8 Å². The number of hydrogen-bond donors (Lipinski definition) is 0. The van der Waals surface area contributed by atoms with Crippen LogP contribution in [0.1, 0.15) is 43.0 Å². The molecule has 2 aromatic heterocycles. The van der Waals surface area contributed by atoms with Crippen molar-refractivity contribution in [3.63, 3.8) is 0 Å². The zero-order valence-electron chi connectivity index (χ0n) is 12.0. The van der Waals surface area contributed by atoms with E-state index >= 15 is 0 Å². The molecule has 1 unspecified atom stereocenters. The first-order valence-corrected chi connectivity index (χ1v) is 6.86. The van der Waals surface area contributed by atoms with Gasteiger partial charge < -0.3 is 9.13 Å². The van der Waals surface area contributed by atoms with Gasteiger partial charge in [0.15, 0.2) is 0 Å². The topological polar surface area (TPSA) is 9.86 Å². The van der Waals surface area contributed by atoms with Gasteiger partial charge in [0, 0.05) is 38.4 Å². The Bertz CT molecular complexity index is 505. The summed E-state index contributed by atoms with van der Waals surface area (Å²) in [5.74, 6) is 0.631. The molecule has 2 aromatic rings. The summed E-state index contributed by atoms with van der Waals surface area (Å²) in [6.07, 6.45) is 10.1. The molecule has 2 heterocycles. The quantitative estimate of drug-likeness (QED) is 0.759.